The van der Waals surface area contributed by atoms with E-state index in [2.05, 4.69) is 4.98 Å². The average Bonchev–Trinajstić information content (AvgIpc) is 2.80. The molecule has 1 aliphatic heterocycles. The lowest BCUT2D eigenvalue weighted by Gasteiger charge is -2.14. The summed E-state index contributed by atoms with van der Waals surface area (Å²) in [4.78, 5) is 29.0. The number of carbonyl (C=O) groups excluding carboxylic acids is 2. The van der Waals surface area contributed by atoms with E-state index in [9.17, 15) is 14.7 Å². The number of pyridine rings is 1. The van der Waals surface area contributed by atoms with Gasteiger partial charge in [-0.3, -0.25) is 9.69 Å². The van der Waals surface area contributed by atoms with E-state index >= 15 is 0 Å². The van der Waals surface area contributed by atoms with Crippen LogP contribution in [0.25, 0.3) is 17.0 Å². The monoisotopic (exact) mass is 377 g/mol. The SMILES string of the molecule is O=C([O-])CCN1C(=O)/C(=C/c2ccc3cccc(Cl)c3n2)SC1=S. The Morgan fingerprint density at radius 2 is 2.17 bits per heavy atom. The number of carboxylic acids is 1. The average molecular weight is 378 g/mol. The minimum Gasteiger partial charge on any atom is -0.550 e. The summed E-state index contributed by atoms with van der Waals surface area (Å²) in [6, 6.07) is 9.15. The number of aliphatic carboxylic acids is 1. The fraction of sp³-hybridized carbons (Fsp3) is 0.125. The molecule has 122 valence electrons. The molecule has 0 spiro atoms. The molecule has 0 N–H and O–H groups in total. The van der Waals surface area contributed by atoms with E-state index < -0.39 is 5.97 Å². The second-order valence-electron chi connectivity index (χ2n) is 5.00. The molecule has 0 unspecified atom stereocenters. The van der Waals surface area contributed by atoms with Gasteiger partial charge in [0.25, 0.3) is 5.91 Å². The Bertz CT molecular complexity index is 898. The molecule has 0 saturated carbocycles. The number of halogens is 1. The lowest BCUT2D eigenvalue weighted by Crippen LogP contribution is -2.33. The Labute approximate surface area is 152 Å². The van der Waals surface area contributed by atoms with Crippen molar-refractivity contribution in [2.24, 2.45) is 0 Å². The summed E-state index contributed by atoms with van der Waals surface area (Å²) >= 11 is 12.4. The second-order valence-corrected chi connectivity index (χ2v) is 7.09. The Morgan fingerprint density at radius 3 is 2.92 bits per heavy atom. The molecule has 1 aromatic carbocycles. The van der Waals surface area contributed by atoms with Crippen LogP contribution < -0.4 is 5.11 Å². The number of rotatable bonds is 4. The van der Waals surface area contributed by atoms with Gasteiger partial charge in [0.15, 0.2) is 0 Å². The fourth-order valence-electron chi connectivity index (χ4n) is 2.24. The predicted octanol–water partition coefficient (Wildman–Crippen LogP) is 2.23. The zero-order valence-corrected chi connectivity index (χ0v) is 14.6. The molecule has 1 aliphatic rings. The van der Waals surface area contributed by atoms with Crippen LogP contribution in [-0.4, -0.2) is 32.6 Å². The highest BCUT2D eigenvalue weighted by atomic mass is 35.5. The van der Waals surface area contributed by atoms with Crippen LogP contribution in [0, 0.1) is 0 Å². The smallest absolute Gasteiger partial charge is 0.266 e. The molecule has 8 heteroatoms. The van der Waals surface area contributed by atoms with Crippen LogP contribution >= 0.6 is 35.6 Å². The first-order chi connectivity index (χ1) is 11.5. The van der Waals surface area contributed by atoms with E-state index in [1.807, 2.05) is 18.2 Å². The number of hydrogen-bond donors (Lipinski definition) is 0. The molecule has 24 heavy (non-hydrogen) atoms. The molecule has 5 nitrogen and oxygen atoms in total. The lowest BCUT2D eigenvalue weighted by molar-refractivity contribution is -0.305. The molecule has 0 bridgehead atoms. The third kappa shape index (κ3) is 3.43. The number of carboxylic acid groups (broad SMARTS) is 1. The summed E-state index contributed by atoms with van der Waals surface area (Å²) in [7, 11) is 0. The quantitative estimate of drug-likeness (QED) is 0.601. The number of thiocarbonyl (C=S) groups is 1. The van der Waals surface area contributed by atoms with E-state index in [-0.39, 0.29) is 18.9 Å². The van der Waals surface area contributed by atoms with Crippen molar-refractivity contribution >= 4 is 68.8 Å². The molecule has 2 heterocycles. The van der Waals surface area contributed by atoms with Gasteiger partial charge in [0.1, 0.15) is 4.32 Å². The Balaban J connectivity index is 1.89. The number of fused-ring (bicyclic) bond motifs is 1. The number of para-hydroxylation sites is 1. The van der Waals surface area contributed by atoms with Gasteiger partial charge >= 0.3 is 0 Å². The summed E-state index contributed by atoms with van der Waals surface area (Å²) < 4.78 is 0.325. The van der Waals surface area contributed by atoms with E-state index in [0.717, 1.165) is 17.1 Å². The summed E-state index contributed by atoms with van der Waals surface area (Å²) in [6.07, 6.45) is 1.37. The topological polar surface area (TPSA) is 73.3 Å². The third-order valence-electron chi connectivity index (χ3n) is 3.38. The second kappa shape index (κ2) is 6.88. The maximum absolute atomic E-state index is 12.3. The van der Waals surface area contributed by atoms with Crippen LogP contribution in [0.3, 0.4) is 0 Å². The molecule has 0 radical (unpaired) electrons. The van der Waals surface area contributed by atoms with Crippen LogP contribution in [-0.2, 0) is 9.59 Å². The molecule has 1 aromatic heterocycles. The maximum Gasteiger partial charge on any atom is 0.266 e. The highest BCUT2D eigenvalue weighted by Crippen LogP contribution is 2.32. The molecule has 3 rings (SSSR count). The van der Waals surface area contributed by atoms with E-state index in [1.54, 1.807) is 18.2 Å². The van der Waals surface area contributed by atoms with Crippen molar-refractivity contribution in [2.75, 3.05) is 6.54 Å². The normalized spacial score (nSPS) is 16.4. The third-order valence-corrected chi connectivity index (χ3v) is 5.07. The number of nitrogens with zero attached hydrogens (tertiary/aromatic N) is 2. The van der Waals surface area contributed by atoms with Crippen molar-refractivity contribution in [3.05, 3.63) is 46.0 Å². The summed E-state index contributed by atoms with van der Waals surface area (Å²) in [5, 5.41) is 12.0. The zero-order valence-electron chi connectivity index (χ0n) is 12.2. The summed E-state index contributed by atoms with van der Waals surface area (Å²) in [6.45, 7) is 0.00131. The van der Waals surface area contributed by atoms with Crippen molar-refractivity contribution < 1.29 is 14.7 Å². The van der Waals surface area contributed by atoms with E-state index in [4.69, 9.17) is 23.8 Å². The van der Waals surface area contributed by atoms with E-state index in [1.165, 1.54) is 4.90 Å². The minimum absolute atomic E-state index is 0.00131. The van der Waals surface area contributed by atoms with Crippen LogP contribution in [0.15, 0.2) is 35.2 Å². The predicted molar refractivity (Wildman–Crippen MR) is 96.3 cm³/mol. The van der Waals surface area contributed by atoms with Crippen LogP contribution in [0.4, 0.5) is 0 Å². The molecular formula is C16H10ClN2O3S2-. The number of carbonyl (C=O) groups is 2. The standard InChI is InChI=1S/C16H11ClN2O3S2/c17-11-3-1-2-9-4-5-10(18-14(9)11)8-12-15(22)19(16(23)24-12)7-6-13(20)21/h1-5,8H,6-7H2,(H,20,21)/p-1/b12-8-. The van der Waals surface area contributed by atoms with Gasteiger partial charge in [-0.15, -0.1) is 0 Å². The van der Waals surface area contributed by atoms with Gasteiger partial charge in [-0.2, -0.15) is 0 Å². The van der Waals surface area contributed by atoms with Gasteiger partial charge in [0.05, 0.1) is 21.1 Å². The van der Waals surface area contributed by atoms with Crippen molar-refractivity contribution in [1.82, 2.24) is 9.88 Å². The van der Waals surface area contributed by atoms with Gasteiger partial charge in [0, 0.05) is 24.3 Å². The summed E-state index contributed by atoms with van der Waals surface area (Å²) in [5.74, 6) is -1.55. The lowest BCUT2D eigenvalue weighted by atomic mass is 10.2. The number of benzene rings is 1. The number of aromatic nitrogens is 1. The first-order valence-corrected chi connectivity index (χ1v) is 8.56. The fourth-order valence-corrected chi connectivity index (χ4v) is 3.75. The van der Waals surface area contributed by atoms with Crippen molar-refractivity contribution in [3.63, 3.8) is 0 Å². The molecule has 1 saturated heterocycles. The van der Waals surface area contributed by atoms with Gasteiger partial charge in [-0.25, -0.2) is 4.98 Å². The van der Waals surface area contributed by atoms with Crippen LogP contribution in [0.2, 0.25) is 5.02 Å². The number of thioether (sulfide) groups is 1. The molecule has 2 aromatic rings. The number of amides is 1. The zero-order chi connectivity index (χ0) is 17.3. The van der Waals surface area contributed by atoms with Crippen molar-refractivity contribution in [1.29, 1.82) is 0 Å². The van der Waals surface area contributed by atoms with Crippen LogP contribution in [0.5, 0.6) is 0 Å². The molecular weight excluding hydrogens is 368 g/mol. The maximum atomic E-state index is 12.3. The Hall–Kier alpha value is -1.96. The van der Waals surface area contributed by atoms with Gasteiger partial charge < -0.3 is 9.90 Å². The summed E-state index contributed by atoms with van der Waals surface area (Å²) in [5.41, 5.74) is 1.23. The molecule has 1 fully saturated rings. The largest absolute Gasteiger partial charge is 0.550 e. The van der Waals surface area contributed by atoms with Gasteiger partial charge in [-0.05, 0) is 18.2 Å². The molecule has 0 atom stereocenters. The minimum atomic E-state index is -1.22. The highest BCUT2D eigenvalue weighted by Gasteiger charge is 2.31. The molecule has 0 aliphatic carbocycles. The Morgan fingerprint density at radius 1 is 1.38 bits per heavy atom. The van der Waals surface area contributed by atoms with Crippen molar-refractivity contribution in [3.8, 4) is 0 Å². The first-order valence-electron chi connectivity index (χ1n) is 6.96. The van der Waals surface area contributed by atoms with Crippen molar-refractivity contribution in [2.45, 2.75) is 6.42 Å². The van der Waals surface area contributed by atoms with Crippen LogP contribution in [0.1, 0.15) is 12.1 Å². The first kappa shape index (κ1) is 16.9. The van der Waals surface area contributed by atoms with Gasteiger partial charge in [-0.1, -0.05) is 53.8 Å². The highest BCUT2D eigenvalue weighted by molar-refractivity contribution is 8.26. The van der Waals surface area contributed by atoms with Gasteiger partial charge in [0.2, 0.25) is 0 Å². The Kier molecular flexibility index (Phi) is 4.84. The van der Waals surface area contributed by atoms with E-state index in [0.29, 0.717) is 25.5 Å². The molecule has 1 amide bonds. The number of hydrogen-bond acceptors (Lipinski definition) is 6.